The average Bonchev–Trinajstić information content (AvgIpc) is 2.27. The minimum Gasteiger partial charge on any atom is -0.337 e. The van der Waals surface area contributed by atoms with Crippen LogP contribution >= 0.6 is 0 Å². The zero-order valence-electron chi connectivity index (χ0n) is 10.7. The summed E-state index contributed by atoms with van der Waals surface area (Å²) in [5.41, 5.74) is 3.50. The zero-order chi connectivity index (χ0) is 12.4. The first-order valence-corrected chi connectivity index (χ1v) is 5.93. The molecule has 0 saturated carbocycles. The Morgan fingerprint density at radius 3 is 3.00 bits per heavy atom. The molecule has 0 spiro atoms. The number of carbonyl (C=O) groups excluding carboxylic acids is 1. The van der Waals surface area contributed by atoms with Crippen LogP contribution in [0.1, 0.15) is 16.8 Å². The standard InChI is InChI=1S/C13H19N3O/c1-10-6-11-8-16(13(17)9-15(2)3)5-4-12(11)14-7-10/h6-7H,4-5,8-9H2,1-3H3. The molecule has 0 radical (unpaired) electrons. The van der Waals surface area contributed by atoms with Gasteiger partial charge in [-0.2, -0.15) is 0 Å². The van der Waals surface area contributed by atoms with Gasteiger partial charge >= 0.3 is 0 Å². The van der Waals surface area contributed by atoms with Crippen LogP contribution in [0.5, 0.6) is 0 Å². The Bertz CT molecular complexity index is 429. The van der Waals surface area contributed by atoms with Gasteiger partial charge in [-0.15, -0.1) is 0 Å². The van der Waals surface area contributed by atoms with Gasteiger partial charge in [-0.3, -0.25) is 9.78 Å². The van der Waals surface area contributed by atoms with E-state index in [9.17, 15) is 4.79 Å². The number of amides is 1. The lowest BCUT2D eigenvalue weighted by Crippen LogP contribution is -2.41. The Morgan fingerprint density at radius 1 is 1.53 bits per heavy atom. The maximum absolute atomic E-state index is 12.0. The van der Waals surface area contributed by atoms with Crippen molar-refractivity contribution in [1.82, 2.24) is 14.8 Å². The molecular formula is C13H19N3O. The van der Waals surface area contributed by atoms with Gasteiger partial charge in [0.1, 0.15) is 0 Å². The molecule has 1 amide bonds. The van der Waals surface area contributed by atoms with Crippen molar-refractivity contribution in [1.29, 1.82) is 0 Å². The molecule has 17 heavy (non-hydrogen) atoms. The van der Waals surface area contributed by atoms with E-state index in [1.807, 2.05) is 37.0 Å². The second-order valence-corrected chi connectivity index (χ2v) is 4.92. The van der Waals surface area contributed by atoms with Crippen molar-refractivity contribution in [3.05, 3.63) is 29.1 Å². The molecule has 2 heterocycles. The maximum atomic E-state index is 12.0. The molecule has 1 aliphatic rings. The van der Waals surface area contributed by atoms with Crippen molar-refractivity contribution in [3.63, 3.8) is 0 Å². The summed E-state index contributed by atoms with van der Waals surface area (Å²) in [5.74, 6) is 0.196. The Hall–Kier alpha value is -1.42. The van der Waals surface area contributed by atoms with Crippen LogP contribution in [0, 0.1) is 6.92 Å². The molecule has 1 aliphatic heterocycles. The summed E-state index contributed by atoms with van der Waals surface area (Å²) in [6, 6.07) is 2.14. The molecule has 0 bridgehead atoms. The van der Waals surface area contributed by atoms with E-state index >= 15 is 0 Å². The summed E-state index contributed by atoms with van der Waals surface area (Å²) in [7, 11) is 3.84. The molecule has 92 valence electrons. The molecular weight excluding hydrogens is 214 g/mol. The quantitative estimate of drug-likeness (QED) is 0.759. The minimum atomic E-state index is 0.196. The van der Waals surface area contributed by atoms with Gasteiger partial charge < -0.3 is 9.80 Å². The number of rotatable bonds is 2. The molecule has 0 N–H and O–H groups in total. The minimum absolute atomic E-state index is 0.196. The molecule has 1 aromatic heterocycles. The van der Waals surface area contributed by atoms with Crippen LogP contribution < -0.4 is 0 Å². The number of aryl methyl sites for hydroxylation is 1. The first-order valence-electron chi connectivity index (χ1n) is 5.93. The summed E-state index contributed by atoms with van der Waals surface area (Å²) in [5, 5.41) is 0. The smallest absolute Gasteiger partial charge is 0.237 e. The number of likely N-dealkylation sites (N-methyl/N-ethyl adjacent to an activating group) is 1. The van der Waals surface area contributed by atoms with E-state index < -0.39 is 0 Å². The number of hydrogen-bond donors (Lipinski definition) is 0. The van der Waals surface area contributed by atoms with Crippen molar-refractivity contribution in [3.8, 4) is 0 Å². The summed E-state index contributed by atoms with van der Waals surface area (Å²) < 4.78 is 0. The van der Waals surface area contributed by atoms with Crippen LogP contribution in [0.15, 0.2) is 12.3 Å². The van der Waals surface area contributed by atoms with Crippen molar-refractivity contribution < 1.29 is 4.79 Å². The summed E-state index contributed by atoms with van der Waals surface area (Å²) in [6.07, 6.45) is 2.77. The van der Waals surface area contributed by atoms with Gasteiger partial charge in [0.15, 0.2) is 0 Å². The van der Waals surface area contributed by atoms with Crippen LogP contribution in [0.2, 0.25) is 0 Å². The molecule has 0 aliphatic carbocycles. The van der Waals surface area contributed by atoms with E-state index in [4.69, 9.17) is 0 Å². The topological polar surface area (TPSA) is 36.4 Å². The van der Waals surface area contributed by atoms with Crippen LogP contribution in [0.4, 0.5) is 0 Å². The Balaban J connectivity index is 2.10. The number of carbonyl (C=O) groups is 1. The van der Waals surface area contributed by atoms with E-state index in [-0.39, 0.29) is 5.91 Å². The Kier molecular flexibility index (Phi) is 3.43. The van der Waals surface area contributed by atoms with Gasteiger partial charge in [-0.1, -0.05) is 6.07 Å². The van der Waals surface area contributed by atoms with Gasteiger partial charge in [-0.25, -0.2) is 0 Å². The van der Waals surface area contributed by atoms with Gasteiger partial charge in [0, 0.05) is 31.4 Å². The third-order valence-corrected chi connectivity index (χ3v) is 2.98. The highest BCUT2D eigenvalue weighted by atomic mass is 16.2. The molecule has 0 atom stereocenters. The summed E-state index contributed by atoms with van der Waals surface area (Å²) in [6.45, 7) is 4.01. The fourth-order valence-corrected chi connectivity index (χ4v) is 2.13. The number of fused-ring (bicyclic) bond motifs is 1. The zero-order valence-corrected chi connectivity index (χ0v) is 10.7. The Labute approximate surface area is 102 Å². The monoisotopic (exact) mass is 233 g/mol. The largest absolute Gasteiger partial charge is 0.337 e. The van der Waals surface area contributed by atoms with Crippen molar-refractivity contribution in [2.45, 2.75) is 19.9 Å². The van der Waals surface area contributed by atoms with E-state index in [0.29, 0.717) is 13.1 Å². The second-order valence-electron chi connectivity index (χ2n) is 4.92. The lowest BCUT2D eigenvalue weighted by Gasteiger charge is -2.29. The predicted octanol–water partition coefficient (Wildman–Crippen LogP) is 0.836. The molecule has 4 heteroatoms. The molecule has 0 unspecified atom stereocenters. The van der Waals surface area contributed by atoms with E-state index in [1.165, 1.54) is 5.56 Å². The van der Waals surface area contributed by atoms with Crippen molar-refractivity contribution in [2.24, 2.45) is 0 Å². The van der Waals surface area contributed by atoms with Gasteiger partial charge in [0.25, 0.3) is 0 Å². The molecule has 4 nitrogen and oxygen atoms in total. The highest BCUT2D eigenvalue weighted by Gasteiger charge is 2.21. The average molecular weight is 233 g/mol. The first kappa shape index (κ1) is 12.0. The number of nitrogens with zero attached hydrogens (tertiary/aromatic N) is 3. The van der Waals surface area contributed by atoms with Crippen LogP contribution in [0.25, 0.3) is 0 Å². The molecule has 0 saturated heterocycles. The summed E-state index contributed by atoms with van der Waals surface area (Å²) in [4.78, 5) is 20.2. The van der Waals surface area contributed by atoms with E-state index in [1.54, 1.807) is 0 Å². The lowest BCUT2D eigenvalue weighted by atomic mass is 10.0. The number of hydrogen-bond acceptors (Lipinski definition) is 3. The first-order chi connectivity index (χ1) is 8.06. The fraction of sp³-hybridized carbons (Fsp3) is 0.538. The van der Waals surface area contributed by atoms with E-state index in [0.717, 1.165) is 24.2 Å². The molecule has 2 rings (SSSR count). The van der Waals surface area contributed by atoms with Crippen molar-refractivity contribution in [2.75, 3.05) is 27.2 Å². The van der Waals surface area contributed by atoms with Gasteiger partial charge in [-0.05, 0) is 32.1 Å². The highest BCUT2D eigenvalue weighted by molar-refractivity contribution is 5.78. The van der Waals surface area contributed by atoms with E-state index in [2.05, 4.69) is 11.1 Å². The number of pyridine rings is 1. The Morgan fingerprint density at radius 2 is 2.29 bits per heavy atom. The van der Waals surface area contributed by atoms with Crippen LogP contribution in [-0.2, 0) is 17.8 Å². The third kappa shape index (κ3) is 2.82. The maximum Gasteiger partial charge on any atom is 0.237 e. The van der Waals surface area contributed by atoms with Crippen molar-refractivity contribution >= 4 is 5.91 Å². The second kappa shape index (κ2) is 4.84. The fourth-order valence-electron chi connectivity index (χ4n) is 2.13. The van der Waals surface area contributed by atoms with Crippen LogP contribution in [-0.4, -0.2) is 47.9 Å². The number of aromatic nitrogens is 1. The van der Waals surface area contributed by atoms with Gasteiger partial charge in [0.2, 0.25) is 5.91 Å². The molecule has 1 aromatic rings. The highest BCUT2D eigenvalue weighted by Crippen LogP contribution is 2.18. The van der Waals surface area contributed by atoms with Gasteiger partial charge in [0.05, 0.1) is 6.54 Å². The molecule has 0 aromatic carbocycles. The predicted molar refractivity (Wildman–Crippen MR) is 66.6 cm³/mol. The van der Waals surface area contributed by atoms with Crippen LogP contribution in [0.3, 0.4) is 0 Å². The lowest BCUT2D eigenvalue weighted by molar-refractivity contribution is -0.132. The SMILES string of the molecule is Cc1cnc2c(c1)CN(C(=O)CN(C)C)CC2. The summed E-state index contributed by atoms with van der Waals surface area (Å²) >= 11 is 0. The molecule has 0 fully saturated rings. The third-order valence-electron chi connectivity index (χ3n) is 2.98. The normalized spacial score (nSPS) is 14.9.